The molecule has 2 saturated heterocycles. The van der Waals surface area contributed by atoms with Gasteiger partial charge in [0.2, 0.25) is 11.9 Å². The fourth-order valence-corrected chi connectivity index (χ4v) is 4.90. The monoisotopic (exact) mass is 416 g/mol. The molecule has 156 valence electrons. The number of hydrogen-bond acceptors (Lipinski definition) is 4. The van der Waals surface area contributed by atoms with Gasteiger partial charge >= 0.3 is 0 Å². The molecule has 0 radical (unpaired) electrons. The fraction of sp³-hybridized carbons (Fsp3) is 0.636. The van der Waals surface area contributed by atoms with Crippen LogP contribution >= 0.6 is 11.6 Å². The van der Waals surface area contributed by atoms with Crippen LogP contribution in [0.5, 0.6) is 0 Å². The topological polar surface area (TPSA) is 59.4 Å². The third-order valence-electron chi connectivity index (χ3n) is 6.82. The molecule has 6 nitrogen and oxygen atoms in total. The van der Waals surface area contributed by atoms with Crippen LogP contribution in [0.1, 0.15) is 50.1 Å². The Morgan fingerprint density at radius 1 is 1.21 bits per heavy atom. The first-order valence-corrected chi connectivity index (χ1v) is 11.3. The Morgan fingerprint density at radius 2 is 2.00 bits per heavy atom. The number of rotatable bonds is 4. The van der Waals surface area contributed by atoms with Crippen molar-refractivity contribution < 1.29 is 9.53 Å². The Labute approximate surface area is 176 Å². The number of piperidine rings is 1. The second-order valence-corrected chi connectivity index (χ2v) is 9.19. The van der Waals surface area contributed by atoms with Crippen LogP contribution in [0.25, 0.3) is 11.0 Å². The number of nitrogens with one attached hydrogen (secondary N) is 1. The van der Waals surface area contributed by atoms with Gasteiger partial charge in [0.05, 0.1) is 23.7 Å². The van der Waals surface area contributed by atoms with E-state index >= 15 is 0 Å². The highest BCUT2D eigenvalue weighted by Gasteiger charge is 2.32. The lowest BCUT2D eigenvalue weighted by Crippen LogP contribution is -2.44. The number of fused-ring (bicyclic) bond motifs is 1. The molecule has 29 heavy (non-hydrogen) atoms. The van der Waals surface area contributed by atoms with Crippen molar-refractivity contribution in [3.63, 3.8) is 0 Å². The molecule has 7 heteroatoms. The Balaban J connectivity index is 1.34. The van der Waals surface area contributed by atoms with E-state index in [1.165, 1.54) is 24.8 Å². The van der Waals surface area contributed by atoms with Crippen LogP contribution in [-0.2, 0) is 9.53 Å². The summed E-state index contributed by atoms with van der Waals surface area (Å²) in [6.45, 7) is 5.19. The van der Waals surface area contributed by atoms with Crippen LogP contribution in [0, 0.1) is 12.8 Å². The molecule has 1 unspecified atom stereocenters. The number of benzene rings is 1. The second kappa shape index (κ2) is 7.80. The maximum absolute atomic E-state index is 12.6. The highest BCUT2D eigenvalue weighted by Crippen LogP contribution is 2.40. The van der Waals surface area contributed by atoms with E-state index in [0.29, 0.717) is 12.6 Å². The molecule has 1 atom stereocenters. The van der Waals surface area contributed by atoms with Crippen LogP contribution in [-0.4, -0.2) is 47.8 Å². The summed E-state index contributed by atoms with van der Waals surface area (Å²) < 4.78 is 7.80. The quantitative estimate of drug-likeness (QED) is 0.822. The molecule has 1 N–H and O–H groups in total. The minimum Gasteiger partial charge on any atom is -0.379 e. The molecule has 1 saturated carbocycles. The van der Waals surface area contributed by atoms with Gasteiger partial charge in [0.1, 0.15) is 0 Å². The van der Waals surface area contributed by atoms with E-state index in [2.05, 4.69) is 27.8 Å². The largest absolute Gasteiger partial charge is 0.379 e. The number of nitrogens with zero attached hydrogens (tertiary/aromatic N) is 3. The summed E-state index contributed by atoms with van der Waals surface area (Å²) in [6.07, 6.45) is 6.37. The number of carbonyl (C=O) groups is 1. The number of halogens is 1. The Morgan fingerprint density at radius 3 is 2.66 bits per heavy atom. The molecule has 1 aliphatic carbocycles. The number of amides is 1. The second-order valence-electron chi connectivity index (χ2n) is 8.79. The average molecular weight is 417 g/mol. The summed E-state index contributed by atoms with van der Waals surface area (Å²) in [5.41, 5.74) is 3.26. The molecular weight excluding hydrogens is 388 g/mol. The molecule has 1 aromatic carbocycles. The van der Waals surface area contributed by atoms with Gasteiger partial charge in [-0.05, 0) is 63.1 Å². The van der Waals surface area contributed by atoms with E-state index in [9.17, 15) is 4.79 Å². The smallest absolute Gasteiger partial charge is 0.223 e. The lowest BCUT2D eigenvalue weighted by molar-refractivity contribution is -0.126. The Bertz CT molecular complexity index is 909. The van der Waals surface area contributed by atoms with Crippen LogP contribution in [0.4, 0.5) is 5.95 Å². The van der Waals surface area contributed by atoms with Crippen molar-refractivity contribution in [3.8, 4) is 0 Å². The Hall–Kier alpha value is -1.79. The number of anilines is 1. The van der Waals surface area contributed by atoms with Gasteiger partial charge < -0.3 is 19.5 Å². The van der Waals surface area contributed by atoms with Gasteiger partial charge in [0.15, 0.2) is 0 Å². The summed E-state index contributed by atoms with van der Waals surface area (Å²) >= 11 is 6.37. The Kier molecular flexibility index (Phi) is 5.16. The highest BCUT2D eigenvalue weighted by molar-refractivity contribution is 6.32. The van der Waals surface area contributed by atoms with Crippen molar-refractivity contribution >= 4 is 34.5 Å². The number of carbonyl (C=O) groups excluding carboxylic acids is 1. The lowest BCUT2D eigenvalue weighted by Gasteiger charge is -2.36. The first kappa shape index (κ1) is 19.2. The van der Waals surface area contributed by atoms with Crippen molar-refractivity contribution in [1.29, 1.82) is 0 Å². The van der Waals surface area contributed by atoms with E-state index in [-0.39, 0.29) is 17.9 Å². The maximum atomic E-state index is 12.6. The molecular formula is C22H29ClN4O2. The third-order valence-corrected chi connectivity index (χ3v) is 7.22. The average Bonchev–Trinajstić information content (AvgIpc) is 3.30. The number of aromatic nitrogens is 2. The highest BCUT2D eigenvalue weighted by atomic mass is 35.5. The number of aryl methyl sites for hydroxylation is 1. The molecule has 5 rings (SSSR count). The van der Waals surface area contributed by atoms with E-state index in [1.54, 1.807) is 0 Å². The van der Waals surface area contributed by atoms with Gasteiger partial charge in [-0.15, -0.1) is 0 Å². The van der Waals surface area contributed by atoms with Crippen molar-refractivity contribution in [2.45, 2.75) is 57.5 Å². The molecule has 1 amide bonds. The SMILES string of the molecule is Cc1cc2c(cc1Cl)nc(N1CCC(C(=O)NC3CCOC3)CC1)n2C1CCC1. The predicted molar refractivity (Wildman–Crippen MR) is 115 cm³/mol. The maximum Gasteiger partial charge on any atom is 0.223 e. The van der Waals surface area contributed by atoms with Crippen LogP contribution in [0.3, 0.4) is 0 Å². The van der Waals surface area contributed by atoms with Crippen molar-refractivity contribution in [1.82, 2.24) is 14.9 Å². The van der Waals surface area contributed by atoms with Crippen molar-refractivity contribution in [2.24, 2.45) is 5.92 Å². The van der Waals surface area contributed by atoms with Crippen LogP contribution in [0.15, 0.2) is 12.1 Å². The van der Waals surface area contributed by atoms with Crippen molar-refractivity contribution in [2.75, 3.05) is 31.2 Å². The summed E-state index contributed by atoms with van der Waals surface area (Å²) in [4.78, 5) is 20.0. The van der Waals surface area contributed by atoms with Crippen LogP contribution < -0.4 is 10.2 Å². The first-order chi connectivity index (χ1) is 14.1. The molecule has 0 spiro atoms. The number of ether oxygens (including phenoxy) is 1. The van der Waals surface area contributed by atoms with E-state index in [4.69, 9.17) is 21.3 Å². The van der Waals surface area contributed by atoms with Gasteiger partial charge in [-0.25, -0.2) is 4.98 Å². The van der Waals surface area contributed by atoms with E-state index < -0.39 is 0 Å². The predicted octanol–water partition coefficient (Wildman–Crippen LogP) is 3.84. The number of imidazole rings is 1. The van der Waals surface area contributed by atoms with Crippen LogP contribution in [0.2, 0.25) is 5.02 Å². The zero-order valence-electron chi connectivity index (χ0n) is 17.0. The summed E-state index contributed by atoms with van der Waals surface area (Å²) in [5.74, 6) is 1.33. The van der Waals surface area contributed by atoms with Gasteiger partial charge in [-0.1, -0.05) is 11.6 Å². The van der Waals surface area contributed by atoms with E-state index in [0.717, 1.165) is 61.0 Å². The summed E-state index contributed by atoms with van der Waals surface area (Å²) in [6, 6.07) is 4.89. The summed E-state index contributed by atoms with van der Waals surface area (Å²) in [5, 5.41) is 3.94. The molecule has 3 aliphatic rings. The first-order valence-electron chi connectivity index (χ1n) is 10.9. The summed E-state index contributed by atoms with van der Waals surface area (Å²) in [7, 11) is 0. The number of hydrogen-bond donors (Lipinski definition) is 1. The lowest BCUT2D eigenvalue weighted by atomic mass is 9.92. The minimum absolute atomic E-state index is 0.0880. The molecule has 3 heterocycles. The van der Waals surface area contributed by atoms with Gasteiger partial charge in [0.25, 0.3) is 0 Å². The molecule has 2 aromatic rings. The van der Waals surface area contributed by atoms with Gasteiger partial charge in [0, 0.05) is 36.7 Å². The zero-order valence-corrected chi connectivity index (χ0v) is 17.7. The van der Waals surface area contributed by atoms with Gasteiger partial charge in [-0.2, -0.15) is 0 Å². The molecule has 1 aromatic heterocycles. The molecule has 0 bridgehead atoms. The normalized spacial score (nSPS) is 23.5. The van der Waals surface area contributed by atoms with E-state index in [1.807, 2.05) is 6.07 Å². The molecule has 3 fully saturated rings. The van der Waals surface area contributed by atoms with Gasteiger partial charge in [-0.3, -0.25) is 4.79 Å². The van der Waals surface area contributed by atoms with Crippen molar-refractivity contribution in [3.05, 3.63) is 22.7 Å². The molecule has 2 aliphatic heterocycles. The fourth-order valence-electron chi connectivity index (χ4n) is 4.74. The third kappa shape index (κ3) is 3.61. The zero-order chi connectivity index (χ0) is 20.0. The standard InChI is InChI=1S/C22H29ClN4O2/c1-14-11-20-19(12-18(14)23)25-22(27(20)17-3-2-4-17)26-8-5-15(6-9-26)21(28)24-16-7-10-29-13-16/h11-12,15-17H,2-10,13H2,1H3,(H,24,28). The minimum atomic E-state index is 0.0880.